The van der Waals surface area contributed by atoms with E-state index in [1.165, 1.54) is 36.1 Å². The Morgan fingerprint density at radius 2 is 2.00 bits per heavy atom. The van der Waals surface area contributed by atoms with Crippen molar-refractivity contribution < 1.29 is 5.11 Å². The summed E-state index contributed by atoms with van der Waals surface area (Å²) in [6.07, 6.45) is 3.81. The lowest BCUT2D eigenvalue weighted by Gasteiger charge is -2.40. The van der Waals surface area contributed by atoms with E-state index in [9.17, 15) is 5.11 Å². The summed E-state index contributed by atoms with van der Waals surface area (Å²) in [6, 6.07) is 7.28. The van der Waals surface area contributed by atoms with Crippen LogP contribution in [0.2, 0.25) is 0 Å². The standard InChI is InChI=1S/C18H30N2O/c1-14-8-9-17(15(12-14)13-19-18(2,3)4)20(10-11-21)16-6-5-7-16/h8-9,12,16,19,21H,5-7,10-11,13H2,1-4H3. The highest BCUT2D eigenvalue weighted by Gasteiger charge is 2.26. The summed E-state index contributed by atoms with van der Waals surface area (Å²) in [7, 11) is 0. The van der Waals surface area contributed by atoms with Gasteiger partial charge < -0.3 is 15.3 Å². The molecule has 118 valence electrons. The lowest BCUT2D eigenvalue weighted by Crippen LogP contribution is -2.43. The van der Waals surface area contributed by atoms with Crippen LogP contribution in [-0.2, 0) is 6.54 Å². The number of rotatable bonds is 6. The van der Waals surface area contributed by atoms with E-state index in [1.807, 2.05) is 0 Å². The quantitative estimate of drug-likeness (QED) is 0.844. The highest BCUT2D eigenvalue weighted by molar-refractivity contribution is 5.56. The predicted octanol–water partition coefficient (Wildman–Crippen LogP) is 3.23. The predicted molar refractivity (Wildman–Crippen MR) is 89.8 cm³/mol. The number of benzene rings is 1. The van der Waals surface area contributed by atoms with Gasteiger partial charge in [0.1, 0.15) is 0 Å². The third kappa shape index (κ3) is 4.45. The Bertz CT molecular complexity index is 461. The number of aryl methyl sites for hydroxylation is 1. The molecule has 1 aromatic rings. The van der Waals surface area contributed by atoms with E-state index in [0.717, 1.165) is 13.1 Å². The topological polar surface area (TPSA) is 35.5 Å². The maximum atomic E-state index is 9.41. The molecule has 0 atom stereocenters. The van der Waals surface area contributed by atoms with Crippen LogP contribution in [0.1, 0.15) is 51.2 Å². The number of aliphatic hydroxyl groups is 1. The van der Waals surface area contributed by atoms with E-state index in [1.54, 1.807) is 0 Å². The van der Waals surface area contributed by atoms with Crippen LogP contribution in [0.3, 0.4) is 0 Å². The number of hydrogen-bond donors (Lipinski definition) is 2. The Hall–Kier alpha value is -1.06. The van der Waals surface area contributed by atoms with Gasteiger partial charge in [-0.2, -0.15) is 0 Å². The normalized spacial score (nSPS) is 15.9. The average Bonchev–Trinajstić information content (AvgIpc) is 2.33. The SMILES string of the molecule is Cc1ccc(N(CCO)C2CCC2)c(CNC(C)(C)C)c1. The second kappa shape index (κ2) is 6.80. The Kier molecular flexibility index (Phi) is 5.28. The fraction of sp³-hybridized carbons (Fsp3) is 0.667. The molecule has 3 nitrogen and oxygen atoms in total. The molecule has 1 aliphatic rings. The van der Waals surface area contributed by atoms with Gasteiger partial charge in [-0.25, -0.2) is 0 Å². The molecule has 0 unspecified atom stereocenters. The Morgan fingerprint density at radius 1 is 1.29 bits per heavy atom. The monoisotopic (exact) mass is 290 g/mol. The van der Waals surface area contributed by atoms with Crippen molar-refractivity contribution in [3.8, 4) is 0 Å². The summed E-state index contributed by atoms with van der Waals surface area (Å²) < 4.78 is 0. The summed E-state index contributed by atoms with van der Waals surface area (Å²) in [5.41, 5.74) is 4.03. The molecule has 21 heavy (non-hydrogen) atoms. The van der Waals surface area contributed by atoms with Crippen LogP contribution in [0, 0.1) is 6.92 Å². The second-order valence-electron chi connectivity index (χ2n) is 7.24. The van der Waals surface area contributed by atoms with Gasteiger partial charge in [0.25, 0.3) is 0 Å². The van der Waals surface area contributed by atoms with Crippen molar-refractivity contribution >= 4 is 5.69 Å². The zero-order valence-electron chi connectivity index (χ0n) is 13.9. The molecule has 0 spiro atoms. The van der Waals surface area contributed by atoms with Gasteiger partial charge in [-0.3, -0.25) is 0 Å². The lowest BCUT2D eigenvalue weighted by atomic mass is 9.90. The van der Waals surface area contributed by atoms with Gasteiger partial charge in [0, 0.05) is 30.4 Å². The van der Waals surface area contributed by atoms with E-state index < -0.39 is 0 Å². The van der Waals surface area contributed by atoms with E-state index in [-0.39, 0.29) is 12.1 Å². The molecule has 0 amide bonds. The summed E-state index contributed by atoms with van der Waals surface area (Å²) in [4.78, 5) is 2.41. The van der Waals surface area contributed by atoms with Crippen LogP contribution < -0.4 is 10.2 Å². The van der Waals surface area contributed by atoms with Crippen LogP contribution in [0.25, 0.3) is 0 Å². The van der Waals surface area contributed by atoms with Crippen molar-refractivity contribution in [1.82, 2.24) is 5.32 Å². The zero-order chi connectivity index (χ0) is 15.5. The first-order valence-corrected chi connectivity index (χ1v) is 8.13. The van der Waals surface area contributed by atoms with Crippen molar-refractivity contribution in [2.45, 2.75) is 65.1 Å². The number of hydrogen-bond acceptors (Lipinski definition) is 3. The maximum absolute atomic E-state index is 9.41. The molecule has 0 aromatic heterocycles. The van der Waals surface area contributed by atoms with Crippen LogP contribution in [0.15, 0.2) is 18.2 Å². The van der Waals surface area contributed by atoms with Crippen LogP contribution in [-0.4, -0.2) is 29.8 Å². The third-order valence-corrected chi connectivity index (χ3v) is 4.21. The number of anilines is 1. The zero-order valence-corrected chi connectivity index (χ0v) is 13.9. The van der Waals surface area contributed by atoms with Crippen LogP contribution in [0.4, 0.5) is 5.69 Å². The summed E-state index contributed by atoms with van der Waals surface area (Å²) in [5, 5.41) is 13.0. The largest absolute Gasteiger partial charge is 0.395 e. The van der Waals surface area contributed by atoms with Gasteiger partial charge in [0.05, 0.1) is 6.61 Å². The average molecular weight is 290 g/mol. The minimum absolute atomic E-state index is 0.110. The highest BCUT2D eigenvalue weighted by Crippen LogP contribution is 2.32. The minimum Gasteiger partial charge on any atom is -0.395 e. The Labute approximate surface area is 129 Å². The van der Waals surface area contributed by atoms with E-state index in [4.69, 9.17) is 0 Å². The first-order chi connectivity index (χ1) is 9.90. The second-order valence-corrected chi connectivity index (χ2v) is 7.24. The molecule has 0 aliphatic heterocycles. The van der Waals surface area contributed by atoms with Gasteiger partial charge in [-0.1, -0.05) is 17.7 Å². The molecule has 3 heteroatoms. The first-order valence-electron chi connectivity index (χ1n) is 8.13. The summed E-state index contributed by atoms with van der Waals surface area (Å²) >= 11 is 0. The molecule has 0 bridgehead atoms. The van der Waals surface area contributed by atoms with Gasteiger partial charge in [-0.05, 0) is 58.6 Å². The van der Waals surface area contributed by atoms with Gasteiger partial charge in [0.2, 0.25) is 0 Å². The fourth-order valence-electron chi connectivity index (χ4n) is 2.80. The lowest BCUT2D eigenvalue weighted by molar-refractivity contribution is 0.283. The molecule has 1 aromatic carbocycles. The Balaban J connectivity index is 2.23. The summed E-state index contributed by atoms with van der Waals surface area (Å²) in [6.45, 7) is 10.5. The number of nitrogens with zero attached hydrogens (tertiary/aromatic N) is 1. The molecule has 0 radical (unpaired) electrons. The minimum atomic E-state index is 0.110. The van der Waals surface area contributed by atoms with Gasteiger partial charge in [-0.15, -0.1) is 0 Å². The summed E-state index contributed by atoms with van der Waals surface area (Å²) in [5.74, 6) is 0. The van der Waals surface area contributed by atoms with Crippen molar-refractivity contribution in [2.75, 3.05) is 18.1 Å². The molecule has 0 heterocycles. The van der Waals surface area contributed by atoms with Gasteiger partial charge in [0.15, 0.2) is 0 Å². The highest BCUT2D eigenvalue weighted by atomic mass is 16.3. The number of nitrogens with one attached hydrogen (secondary N) is 1. The Morgan fingerprint density at radius 3 is 2.52 bits per heavy atom. The van der Waals surface area contributed by atoms with Gasteiger partial charge >= 0.3 is 0 Å². The molecule has 0 saturated heterocycles. The fourth-order valence-corrected chi connectivity index (χ4v) is 2.80. The molecule has 1 saturated carbocycles. The molecule has 2 N–H and O–H groups in total. The first kappa shape index (κ1) is 16.3. The smallest absolute Gasteiger partial charge is 0.0606 e. The van der Waals surface area contributed by atoms with Crippen molar-refractivity contribution in [3.63, 3.8) is 0 Å². The van der Waals surface area contributed by atoms with Crippen LogP contribution >= 0.6 is 0 Å². The molecule has 1 fully saturated rings. The molecule has 2 rings (SSSR count). The maximum Gasteiger partial charge on any atom is 0.0606 e. The molecular formula is C18H30N2O. The van der Waals surface area contributed by atoms with Crippen LogP contribution in [0.5, 0.6) is 0 Å². The van der Waals surface area contributed by atoms with E-state index >= 15 is 0 Å². The third-order valence-electron chi connectivity index (χ3n) is 4.21. The molecule has 1 aliphatic carbocycles. The molecular weight excluding hydrogens is 260 g/mol. The van der Waals surface area contributed by atoms with Crippen molar-refractivity contribution in [1.29, 1.82) is 0 Å². The van der Waals surface area contributed by atoms with E-state index in [0.29, 0.717) is 6.04 Å². The van der Waals surface area contributed by atoms with Crippen molar-refractivity contribution in [2.24, 2.45) is 0 Å². The van der Waals surface area contributed by atoms with Crippen molar-refractivity contribution in [3.05, 3.63) is 29.3 Å². The number of aliphatic hydroxyl groups excluding tert-OH is 1. The van der Waals surface area contributed by atoms with E-state index in [2.05, 4.69) is 56.1 Å².